The second kappa shape index (κ2) is 9.35. The van der Waals surface area contributed by atoms with E-state index in [1.54, 1.807) is 0 Å². The third-order valence-electron chi connectivity index (χ3n) is 6.35. The van der Waals surface area contributed by atoms with Crippen LogP contribution in [0.25, 0.3) is 5.76 Å². The van der Waals surface area contributed by atoms with Crippen LogP contribution in [0.2, 0.25) is 0 Å². The van der Waals surface area contributed by atoms with Crippen molar-refractivity contribution in [3.63, 3.8) is 0 Å². The first-order valence-corrected chi connectivity index (χ1v) is 11.0. The molecule has 30 heavy (non-hydrogen) atoms. The van der Waals surface area contributed by atoms with E-state index in [-0.39, 0.29) is 11.8 Å². The molecule has 0 spiro atoms. The van der Waals surface area contributed by atoms with Crippen LogP contribution in [0.4, 0.5) is 0 Å². The molecule has 1 atom stereocenters. The van der Waals surface area contributed by atoms with Crippen molar-refractivity contribution in [3.05, 3.63) is 78.0 Å². The van der Waals surface area contributed by atoms with Gasteiger partial charge < -0.3 is 21.1 Å². The monoisotopic (exact) mass is 405 g/mol. The normalized spacial score (nSPS) is 25.7. The summed E-state index contributed by atoms with van der Waals surface area (Å²) in [6.45, 7) is 1.28. The summed E-state index contributed by atoms with van der Waals surface area (Å²) in [4.78, 5) is 12.7. The van der Waals surface area contributed by atoms with E-state index in [0.29, 0.717) is 18.9 Å². The molecule has 1 aliphatic heterocycles. The predicted molar refractivity (Wildman–Crippen MR) is 119 cm³/mol. The molecule has 0 bridgehead atoms. The zero-order valence-corrected chi connectivity index (χ0v) is 17.3. The van der Waals surface area contributed by atoms with Crippen LogP contribution in [0.15, 0.2) is 66.9 Å². The molecule has 5 nitrogen and oxygen atoms in total. The first-order valence-electron chi connectivity index (χ1n) is 11.0. The quantitative estimate of drug-likeness (QED) is 0.656. The van der Waals surface area contributed by atoms with Gasteiger partial charge in [0.05, 0.1) is 0 Å². The molecule has 0 saturated heterocycles. The van der Waals surface area contributed by atoms with Crippen LogP contribution in [0, 0.1) is 11.8 Å². The van der Waals surface area contributed by atoms with Crippen molar-refractivity contribution in [2.75, 3.05) is 13.1 Å². The van der Waals surface area contributed by atoms with Gasteiger partial charge in [-0.1, -0.05) is 60.7 Å². The number of hydrogen-bond donors (Lipinski definition) is 3. The number of hydrogen-bond acceptors (Lipinski definition) is 4. The standard InChI is InChI=1S/C25H31N3O2/c26-17-19-11-13-21(14-12-19)24(29)27-16-15-25(22-9-5-2-6-10-22)28-18-23(30-25)20-7-3-1-4-8-20/h1-10,18-19,21,28H,11-17,26H2,(H,27,29)/t19-,21-,25-/m0/s1. The van der Waals surface area contributed by atoms with Crippen LogP contribution in [-0.4, -0.2) is 19.0 Å². The lowest BCUT2D eigenvalue weighted by atomic mass is 9.81. The summed E-state index contributed by atoms with van der Waals surface area (Å²) in [6, 6.07) is 20.2. The molecule has 4 N–H and O–H groups in total. The molecular weight excluding hydrogens is 374 g/mol. The van der Waals surface area contributed by atoms with Gasteiger partial charge >= 0.3 is 0 Å². The lowest BCUT2D eigenvalue weighted by Crippen LogP contribution is -2.42. The summed E-state index contributed by atoms with van der Waals surface area (Å²) in [6.07, 6.45) is 6.54. The fourth-order valence-corrected chi connectivity index (χ4v) is 4.46. The number of rotatable bonds is 7. The molecule has 1 aliphatic carbocycles. The highest BCUT2D eigenvalue weighted by molar-refractivity contribution is 5.78. The van der Waals surface area contributed by atoms with Crippen LogP contribution in [0.3, 0.4) is 0 Å². The Labute approximate surface area is 178 Å². The first kappa shape index (κ1) is 20.5. The Kier molecular flexibility index (Phi) is 6.38. The Bertz CT molecular complexity index is 860. The molecule has 2 aromatic rings. The van der Waals surface area contributed by atoms with Gasteiger partial charge in [-0.25, -0.2) is 0 Å². The van der Waals surface area contributed by atoms with Crippen molar-refractivity contribution >= 4 is 11.7 Å². The number of carbonyl (C=O) groups excluding carboxylic acids is 1. The summed E-state index contributed by atoms with van der Waals surface area (Å²) >= 11 is 0. The van der Waals surface area contributed by atoms with Crippen molar-refractivity contribution in [1.29, 1.82) is 0 Å². The van der Waals surface area contributed by atoms with Crippen molar-refractivity contribution in [3.8, 4) is 0 Å². The largest absolute Gasteiger partial charge is 0.462 e. The minimum absolute atomic E-state index is 0.107. The lowest BCUT2D eigenvalue weighted by molar-refractivity contribution is -0.126. The van der Waals surface area contributed by atoms with Crippen molar-refractivity contribution < 1.29 is 9.53 Å². The van der Waals surface area contributed by atoms with Gasteiger partial charge in [0.15, 0.2) is 0 Å². The van der Waals surface area contributed by atoms with Crippen molar-refractivity contribution in [2.45, 2.75) is 37.8 Å². The van der Waals surface area contributed by atoms with Gasteiger partial charge in [0.2, 0.25) is 11.6 Å². The molecule has 5 heteroatoms. The number of carbonyl (C=O) groups is 1. The summed E-state index contributed by atoms with van der Waals surface area (Å²) in [5.74, 6) is 1.65. The third-order valence-corrected chi connectivity index (χ3v) is 6.35. The molecule has 0 unspecified atom stereocenters. The van der Waals surface area contributed by atoms with E-state index in [1.807, 2.05) is 54.7 Å². The van der Waals surface area contributed by atoms with E-state index in [9.17, 15) is 4.79 Å². The van der Waals surface area contributed by atoms with E-state index in [2.05, 4.69) is 22.8 Å². The molecule has 0 radical (unpaired) electrons. The van der Waals surface area contributed by atoms with Gasteiger partial charge in [0.1, 0.15) is 5.76 Å². The van der Waals surface area contributed by atoms with Gasteiger partial charge in [-0.3, -0.25) is 4.79 Å². The number of benzene rings is 2. The van der Waals surface area contributed by atoms with Crippen LogP contribution < -0.4 is 16.4 Å². The topological polar surface area (TPSA) is 76.4 Å². The molecule has 0 aromatic heterocycles. The van der Waals surface area contributed by atoms with E-state index in [4.69, 9.17) is 10.5 Å². The molecule has 1 saturated carbocycles. The molecule has 2 aliphatic rings. The van der Waals surface area contributed by atoms with Crippen LogP contribution in [0.5, 0.6) is 0 Å². The SMILES string of the molecule is NC[C@H]1CC[C@H](C(=O)NCC[C@]2(c3ccccc3)NC=C(c3ccccc3)O2)CC1. The summed E-state index contributed by atoms with van der Waals surface area (Å²) < 4.78 is 6.46. The number of ether oxygens (including phenoxy) is 1. The van der Waals surface area contributed by atoms with E-state index in [1.165, 1.54) is 0 Å². The number of nitrogens with two attached hydrogens (primary N) is 1. The maximum Gasteiger partial charge on any atom is 0.223 e. The van der Waals surface area contributed by atoms with Gasteiger partial charge in [-0.15, -0.1) is 0 Å². The molecule has 158 valence electrons. The Hall–Kier alpha value is -2.79. The number of nitrogens with one attached hydrogen (secondary N) is 2. The predicted octanol–water partition coefficient (Wildman–Crippen LogP) is 3.73. The Balaban J connectivity index is 1.39. The second-order valence-electron chi connectivity index (χ2n) is 8.31. The van der Waals surface area contributed by atoms with Gasteiger partial charge in [0.25, 0.3) is 0 Å². The minimum Gasteiger partial charge on any atom is -0.462 e. The molecule has 1 fully saturated rings. The Morgan fingerprint density at radius 1 is 1.03 bits per heavy atom. The highest BCUT2D eigenvalue weighted by atomic mass is 16.5. The van der Waals surface area contributed by atoms with E-state index < -0.39 is 5.72 Å². The highest BCUT2D eigenvalue weighted by Gasteiger charge is 2.38. The summed E-state index contributed by atoms with van der Waals surface area (Å²) in [5.41, 5.74) is 7.17. The molecule has 1 heterocycles. The zero-order valence-electron chi connectivity index (χ0n) is 17.3. The maximum absolute atomic E-state index is 12.7. The fraction of sp³-hybridized carbons (Fsp3) is 0.400. The zero-order chi connectivity index (χ0) is 20.8. The smallest absolute Gasteiger partial charge is 0.223 e. The Morgan fingerprint density at radius 2 is 1.70 bits per heavy atom. The van der Waals surface area contributed by atoms with E-state index in [0.717, 1.165) is 49.1 Å². The van der Waals surface area contributed by atoms with Crippen LogP contribution >= 0.6 is 0 Å². The van der Waals surface area contributed by atoms with Crippen molar-refractivity contribution in [1.82, 2.24) is 10.6 Å². The second-order valence-corrected chi connectivity index (χ2v) is 8.31. The minimum atomic E-state index is -0.684. The third kappa shape index (κ3) is 4.51. The van der Waals surface area contributed by atoms with Crippen molar-refractivity contribution in [2.24, 2.45) is 17.6 Å². The maximum atomic E-state index is 12.7. The average molecular weight is 406 g/mol. The summed E-state index contributed by atoms with van der Waals surface area (Å²) in [7, 11) is 0. The van der Waals surface area contributed by atoms with Crippen LogP contribution in [-0.2, 0) is 15.3 Å². The van der Waals surface area contributed by atoms with Crippen LogP contribution in [0.1, 0.15) is 43.2 Å². The highest BCUT2D eigenvalue weighted by Crippen LogP contribution is 2.37. The van der Waals surface area contributed by atoms with Gasteiger partial charge in [-0.05, 0) is 38.1 Å². The molecular formula is C25H31N3O2. The molecule has 1 amide bonds. The first-order chi connectivity index (χ1) is 14.7. The number of amides is 1. The molecule has 2 aromatic carbocycles. The molecule has 4 rings (SSSR count). The lowest BCUT2D eigenvalue weighted by Gasteiger charge is -2.32. The summed E-state index contributed by atoms with van der Waals surface area (Å²) in [5, 5.41) is 6.60. The van der Waals surface area contributed by atoms with Gasteiger partial charge in [-0.2, -0.15) is 0 Å². The Morgan fingerprint density at radius 3 is 2.37 bits per heavy atom. The van der Waals surface area contributed by atoms with E-state index >= 15 is 0 Å². The average Bonchev–Trinajstić information content (AvgIpc) is 3.26. The fourth-order valence-electron chi connectivity index (χ4n) is 4.46. The van der Waals surface area contributed by atoms with Gasteiger partial charge in [0, 0.05) is 36.2 Å².